The first-order valence-electron chi connectivity index (χ1n) is 11.8. The number of benzene rings is 2. The number of methoxy groups -OCH3 is 1. The van der Waals surface area contributed by atoms with E-state index < -0.39 is 0 Å². The summed E-state index contributed by atoms with van der Waals surface area (Å²) in [6.07, 6.45) is 6.04. The molecular weight excluding hydrogens is 402 g/mol. The average molecular weight is 438 g/mol. The van der Waals surface area contributed by atoms with Gasteiger partial charge in [0, 0.05) is 25.8 Å². The lowest BCUT2D eigenvalue weighted by molar-refractivity contribution is -0.123. The number of aryl methyl sites for hydroxylation is 1. The number of piperidine rings is 1. The van der Waals surface area contributed by atoms with Crippen LogP contribution in [0.3, 0.4) is 0 Å². The van der Waals surface area contributed by atoms with Gasteiger partial charge in [-0.15, -0.1) is 0 Å². The van der Waals surface area contributed by atoms with Crippen molar-refractivity contribution in [3.8, 4) is 11.5 Å². The van der Waals surface area contributed by atoms with Gasteiger partial charge in [-0.1, -0.05) is 30.7 Å². The second-order valence-corrected chi connectivity index (χ2v) is 8.77. The second-order valence-electron chi connectivity index (χ2n) is 8.77. The Kier molecular flexibility index (Phi) is 7.53. The molecule has 2 aromatic carbocycles. The third-order valence-electron chi connectivity index (χ3n) is 6.59. The summed E-state index contributed by atoms with van der Waals surface area (Å²) >= 11 is 0. The molecule has 0 aliphatic carbocycles. The second kappa shape index (κ2) is 10.7. The number of rotatable bonds is 8. The summed E-state index contributed by atoms with van der Waals surface area (Å²) in [5, 5.41) is 3.12. The van der Waals surface area contributed by atoms with Gasteiger partial charge >= 0.3 is 0 Å². The number of amides is 1. The SMILES string of the molecule is COc1ccccc1OCC(=O)NC[C@@H](c1ccc2c(c1)CCCN2C)N1CCCCC1. The molecule has 172 valence electrons. The van der Waals surface area contributed by atoms with Crippen molar-refractivity contribution in [3.05, 3.63) is 53.6 Å². The Morgan fingerprint density at radius 1 is 1.03 bits per heavy atom. The number of carbonyl (C=O) groups excluding carboxylic acids is 1. The van der Waals surface area contributed by atoms with Gasteiger partial charge in [-0.2, -0.15) is 0 Å². The molecule has 32 heavy (non-hydrogen) atoms. The Balaban J connectivity index is 1.42. The van der Waals surface area contributed by atoms with Gasteiger partial charge in [0.25, 0.3) is 5.91 Å². The van der Waals surface area contributed by atoms with Crippen molar-refractivity contribution >= 4 is 11.6 Å². The van der Waals surface area contributed by atoms with E-state index in [0.29, 0.717) is 18.0 Å². The summed E-state index contributed by atoms with van der Waals surface area (Å²) in [5.41, 5.74) is 4.06. The minimum absolute atomic E-state index is 0.0257. The van der Waals surface area contributed by atoms with Gasteiger partial charge in [0.1, 0.15) is 0 Å². The smallest absolute Gasteiger partial charge is 0.258 e. The van der Waals surface area contributed by atoms with Crippen LogP contribution in [0, 0.1) is 0 Å². The number of likely N-dealkylation sites (tertiary alicyclic amines) is 1. The number of nitrogens with one attached hydrogen (secondary N) is 1. The molecule has 2 aromatic rings. The number of hydrogen-bond acceptors (Lipinski definition) is 5. The van der Waals surface area contributed by atoms with Gasteiger partial charge in [0.15, 0.2) is 18.1 Å². The quantitative estimate of drug-likeness (QED) is 0.681. The predicted molar refractivity (Wildman–Crippen MR) is 128 cm³/mol. The molecule has 0 saturated carbocycles. The minimum atomic E-state index is -0.115. The van der Waals surface area contributed by atoms with Gasteiger partial charge in [0.2, 0.25) is 0 Å². The molecule has 0 spiro atoms. The molecule has 1 amide bonds. The van der Waals surface area contributed by atoms with Crippen LogP contribution in [0.1, 0.15) is 42.9 Å². The molecule has 2 aliphatic rings. The Hall–Kier alpha value is -2.73. The highest BCUT2D eigenvalue weighted by atomic mass is 16.5. The largest absolute Gasteiger partial charge is 0.493 e. The molecule has 2 heterocycles. The minimum Gasteiger partial charge on any atom is -0.493 e. The van der Waals surface area contributed by atoms with Gasteiger partial charge in [-0.05, 0) is 68.1 Å². The Morgan fingerprint density at radius 3 is 2.59 bits per heavy atom. The van der Waals surface area contributed by atoms with Crippen molar-refractivity contribution in [2.75, 3.05) is 51.8 Å². The van der Waals surface area contributed by atoms with Crippen LogP contribution < -0.4 is 19.7 Å². The van der Waals surface area contributed by atoms with Gasteiger partial charge in [0.05, 0.1) is 13.2 Å². The first-order valence-corrected chi connectivity index (χ1v) is 11.8. The standard InChI is InChI=1S/C26H35N3O3/c1-28-14-8-9-20-17-21(12-13-22(20)28)23(29-15-6-3-7-16-29)18-27-26(30)19-32-25-11-5-4-10-24(25)31-2/h4-5,10-13,17,23H,3,6-9,14-16,18-19H2,1-2H3,(H,27,30)/t23-/m0/s1. The third-order valence-corrected chi connectivity index (χ3v) is 6.59. The predicted octanol–water partition coefficient (Wildman–Crippen LogP) is 3.80. The number of anilines is 1. The van der Waals surface area contributed by atoms with Crippen molar-refractivity contribution in [2.45, 2.75) is 38.1 Å². The van der Waals surface area contributed by atoms with Crippen molar-refractivity contribution in [3.63, 3.8) is 0 Å². The van der Waals surface area contributed by atoms with Crippen LogP contribution in [-0.2, 0) is 11.2 Å². The molecule has 4 rings (SSSR count). The summed E-state index contributed by atoms with van der Waals surface area (Å²) in [7, 11) is 3.77. The van der Waals surface area contributed by atoms with E-state index in [1.54, 1.807) is 7.11 Å². The normalized spacial score (nSPS) is 17.4. The van der Waals surface area contributed by atoms with Crippen molar-refractivity contribution in [1.82, 2.24) is 10.2 Å². The third kappa shape index (κ3) is 5.36. The fourth-order valence-corrected chi connectivity index (χ4v) is 4.84. The van der Waals surface area contributed by atoms with Crippen LogP contribution in [0.4, 0.5) is 5.69 Å². The average Bonchev–Trinajstić information content (AvgIpc) is 2.84. The highest BCUT2D eigenvalue weighted by molar-refractivity contribution is 5.77. The maximum Gasteiger partial charge on any atom is 0.258 e. The molecule has 6 heteroatoms. The van der Waals surface area contributed by atoms with E-state index in [9.17, 15) is 4.79 Å². The van der Waals surface area contributed by atoms with Crippen molar-refractivity contribution in [1.29, 1.82) is 0 Å². The van der Waals surface area contributed by atoms with Crippen LogP contribution in [0.5, 0.6) is 11.5 Å². The molecule has 1 atom stereocenters. The molecule has 1 N–H and O–H groups in total. The molecule has 1 saturated heterocycles. The number of ether oxygens (including phenoxy) is 2. The number of para-hydroxylation sites is 2. The van der Waals surface area contributed by atoms with Gasteiger partial charge in [-0.25, -0.2) is 0 Å². The zero-order chi connectivity index (χ0) is 22.3. The lowest BCUT2D eigenvalue weighted by Gasteiger charge is -2.36. The molecule has 0 unspecified atom stereocenters. The van der Waals surface area contributed by atoms with E-state index >= 15 is 0 Å². The van der Waals surface area contributed by atoms with E-state index in [1.165, 1.54) is 42.5 Å². The molecule has 0 radical (unpaired) electrons. The Bertz CT molecular complexity index is 911. The van der Waals surface area contributed by atoms with Crippen LogP contribution in [0.25, 0.3) is 0 Å². The van der Waals surface area contributed by atoms with Crippen LogP contribution in [-0.4, -0.2) is 57.8 Å². The topological polar surface area (TPSA) is 54.0 Å². The highest BCUT2D eigenvalue weighted by Gasteiger charge is 2.25. The van der Waals surface area contributed by atoms with Crippen molar-refractivity contribution < 1.29 is 14.3 Å². The van der Waals surface area contributed by atoms with Crippen LogP contribution >= 0.6 is 0 Å². The van der Waals surface area contributed by atoms with E-state index in [0.717, 1.165) is 26.1 Å². The maximum atomic E-state index is 12.6. The molecule has 0 bridgehead atoms. The summed E-state index contributed by atoms with van der Waals surface area (Å²) in [4.78, 5) is 17.5. The summed E-state index contributed by atoms with van der Waals surface area (Å²) < 4.78 is 11.0. The van der Waals surface area contributed by atoms with Crippen molar-refractivity contribution in [2.24, 2.45) is 0 Å². The molecule has 2 aliphatic heterocycles. The van der Waals surface area contributed by atoms with E-state index in [-0.39, 0.29) is 18.6 Å². The Morgan fingerprint density at radius 2 is 1.81 bits per heavy atom. The lowest BCUT2D eigenvalue weighted by Crippen LogP contribution is -2.41. The fraction of sp³-hybridized carbons (Fsp3) is 0.500. The monoisotopic (exact) mass is 437 g/mol. The summed E-state index contributed by atoms with van der Waals surface area (Å²) in [6, 6.07) is 14.4. The molecule has 6 nitrogen and oxygen atoms in total. The summed E-state index contributed by atoms with van der Waals surface area (Å²) in [5.74, 6) is 1.10. The number of carbonyl (C=O) groups is 1. The number of nitrogens with zero attached hydrogens (tertiary/aromatic N) is 2. The van der Waals surface area contributed by atoms with E-state index in [4.69, 9.17) is 9.47 Å². The molecule has 0 aromatic heterocycles. The molecular formula is C26H35N3O3. The number of hydrogen-bond donors (Lipinski definition) is 1. The van der Waals surface area contributed by atoms with E-state index in [2.05, 4.69) is 40.4 Å². The van der Waals surface area contributed by atoms with Crippen LogP contribution in [0.2, 0.25) is 0 Å². The zero-order valence-electron chi connectivity index (χ0n) is 19.3. The highest BCUT2D eigenvalue weighted by Crippen LogP contribution is 2.31. The summed E-state index contributed by atoms with van der Waals surface area (Å²) in [6.45, 7) is 3.83. The maximum absolute atomic E-state index is 12.6. The number of fused-ring (bicyclic) bond motifs is 1. The van der Waals surface area contributed by atoms with Gasteiger partial charge < -0.3 is 19.7 Å². The zero-order valence-corrected chi connectivity index (χ0v) is 19.3. The van der Waals surface area contributed by atoms with Gasteiger partial charge in [-0.3, -0.25) is 9.69 Å². The Labute approximate surface area is 191 Å². The van der Waals surface area contributed by atoms with E-state index in [1.807, 2.05) is 24.3 Å². The molecule has 1 fully saturated rings. The first kappa shape index (κ1) is 22.5. The first-order chi connectivity index (χ1) is 15.7. The lowest BCUT2D eigenvalue weighted by atomic mass is 9.95. The fourth-order valence-electron chi connectivity index (χ4n) is 4.84. The van der Waals surface area contributed by atoms with Crippen LogP contribution in [0.15, 0.2) is 42.5 Å².